The molecule has 2 aliphatic rings. The van der Waals surface area contributed by atoms with E-state index in [0.29, 0.717) is 88.1 Å². The minimum absolute atomic E-state index is 0.0204. The summed E-state index contributed by atoms with van der Waals surface area (Å²) in [7, 11) is 3.17. The fourth-order valence-electron chi connectivity index (χ4n) is 5.38. The van der Waals surface area contributed by atoms with Gasteiger partial charge in [0.25, 0.3) is 6.43 Å². The number of imidazole rings is 1. The van der Waals surface area contributed by atoms with Crippen molar-refractivity contribution in [3.05, 3.63) is 36.2 Å². The Labute approximate surface area is 237 Å². The molecule has 3 heterocycles. The molecule has 0 bridgehead atoms. The third-order valence-corrected chi connectivity index (χ3v) is 7.40. The third kappa shape index (κ3) is 6.91. The number of anilines is 1. The molecule has 1 saturated carbocycles. The lowest BCUT2D eigenvalue weighted by molar-refractivity contribution is -0.128. The summed E-state index contributed by atoms with van der Waals surface area (Å²) in [5.41, 5.74) is 0.971. The molecule has 1 saturated heterocycles. The molecule has 1 amide bonds. The van der Waals surface area contributed by atoms with E-state index in [1.165, 1.54) is 4.57 Å². The molecular weight excluding hydrogens is 538 g/mol. The molecule has 3 aromatic rings. The zero-order valence-corrected chi connectivity index (χ0v) is 23.3. The Morgan fingerprint density at radius 3 is 2.44 bits per heavy atom. The van der Waals surface area contributed by atoms with Crippen LogP contribution in [0, 0.1) is 5.92 Å². The van der Waals surface area contributed by atoms with Crippen molar-refractivity contribution in [3.8, 4) is 11.7 Å². The van der Waals surface area contributed by atoms with Crippen LogP contribution in [0.1, 0.15) is 37.9 Å². The predicted octanol–water partition coefficient (Wildman–Crippen LogP) is 3.30. The number of nitrogens with zero attached hydrogens (tertiary/aromatic N) is 5. The lowest BCUT2D eigenvalue weighted by Crippen LogP contribution is -2.45. The van der Waals surface area contributed by atoms with E-state index in [9.17, 15) is 13.6 Å². The third-order valence-electron chi connectivity index (χ3n) is 7.40. The molecule has 0 spiro atoms. The fraction of sp³-hybridized carbons (Fsp3) is 0.571. The normalized spacial score (nSPS) is 19.7. The Bertz CT molecular complexity index is 1300. The minimum Gasteiger partial charge on any atom is -0.474 e. The van der Waals surface area contributed by atoms with Gasteiger partial charge in [-0.15, -0.1) is 0 Å². The number of carbonyl (C=O) groups is 1. The number of alkyl halides is 2. The van der Waals surface area contributed by atoms with Crippen molar-refractivity contribution in [3.63, 3.8) is 0 Å². The van der Waals surface area contributed by atoms with Crippen LogP contribution in [0.3, 0.4) is 0 Å². The average Bonchev–Trinajstić information content (AvgIpc) is 3.38. The van der Waals surface area contributed by atoms with Crippen molar-refractivity contribution in [2.45, 2.75) is 44.3 Å². The molecule has 1 N–H and O–H groups in total. The number of aromatic nitrogens is 4. The summed E-state index contributed by atoms with van der Waals surface area (Å²) < 4.78 is 51.8. The minimum atomic E-state index is -2.80. The number of halogens is 2. The Kier molecular flexibility index (Phi) is 9.57. The number of hydrogen-bond acceptors (Lipinski definition) is 9. The molecule has 1 aromatic carbocycles. The average molecular weight is 575 g/mol. The monoisotopic (exact) mass is 574 g/mol. The molecule has 41 heavy (non-hydrogen) atoms. The van der Waals surface area contributed by atoms with E-state index in [2.05, 4.69) is 20.3 Å². The molecule has 0 atom stereocenters. The number of carbonyl (C=O) groups excluding carboxylic acids is 1. The van der Waals surface area contributed by atoms with Crippen LogP contribution in [0.25, 0.3) is 16.9 Å². The number of nitrogens with one attached hydrogen (secondary N) is 1. The summed E-state index contributed by atoms with van der Waals surface area (Å²) in [5, 5.41) is 3.01. The van der Waals surface area contributed by atoms with Crippen LogP contribution < -0.4 is 15.0 Å². The number of benzene rings is 1. The highest BCUT2D eigenvalue weighted by atomic mass is 19.3. The van der Waals surface area contributed by atoms with E-state index in [4.69, 9.17) is 18.9 Å². The summed E-state index contributed by atoms with van der Waals surface area (Å²) in [6.07, 6.45) is -0.373. The van der Waals surface area contributed by atoms with E-state index < -0.39 is 12.2 Å². The topological polar surface area (TPSA) is 113 Å². The summed E-state index contributed by atoms with van der Waals surface area (Å²) >= 11 is 0. The van der Waals surface area contributed by atoms with Crippen molar-refractivity contribution >= 4 is 22.9 Å². The summed E-state index contributed by atoms with van der Waals surface area (Å²) in [4.78, 5) is 28.3. The second-order valence-electron chi connectivity index (χ2n) is 10.3. The first-order chi connectivity index (χ1) is 20.0. The van der Waals surface area contributed by atoms with Gasteiger partial charge in [0.1, 0.15) is 11.9 Å². The Balaban J connectivity index is 1.36. The van der Waals surface area contributed by atoms with Crippen LogP contribution in [0.4, 0.5) is 14.7 Å². The lowest BCUT2D eigenvalue weighted by Gasteiger charge is -2.30. The highest BCUT2D eigenvalue weighted by Crippen LogP contribution is 2.32. The quantitative estimate of drug-likeness (QED) is 0.369. The maximum atomic E-state index is 14.1. The number of morpholine rings is 1. The van der Waals surface area contributed by atoms with Crippen LogP contribution in [-0.2, 0) is 19.0 Å². The Morgan fingerprint density at radius 1 is 1.05 bits per heavy atom. The first-order valence-electron chi connectivity index (χ1n) is 13.9. The first-order valence-corrected chi connectivity index (χ1v) is 13.9. The molecule has 2 fully saturated rings. The van der Waals surface area contributed by atoms with Crippen molar-refractivity contribution in [2.24, 2.45) is 5.92 Å². The van der Waals surface area contributed by atoms with Gasteiger partial charge in [-0.1, -0.05) is 12.1 Å². The van der Waals surface area contributed by atoms with Gasteiger partial charge in [0.15, 0.2) is 5.82 Å². The second kappa shape index (κ2) is 13.5. The number of amides is 1. The predicted molar refractivity (Wildman–Crippen MR) is 147 cm³/mol. The van der Waals surface area contributed by atoms with Crippen molar-refractivity contribution in [1.82, 2.24) is 24.8 Å². The molecule has 11 nitrogen and oxygen atoms in total. The number of fused-ring (bicyclic) bond motifs is 1. The molecule has 0 radical (unpaired) electrons. The van der Waals surface area contributed by atoms with Gasteiger partial charge in [-0.2, -0.15) is 9.97 Å². The number of ether oxygens (including phenoxy) is 4. The molecule has 13 heteroatoms. The van der Waals surface area contributed by atoms with E-state index in [-0.39, 0.29) is 29.8 Å². The highest BCUT2D eigenvalue weighted by molar-refractivity contribution is 5.79. The maximum Gasteiger partial charge on any atom is 0.296 e. The van der Waals surface area contributed by atoms with Gasteiger partial charge in [-0.05, 0) is 37.8 Å². The molecule has 1 aliphatic heterocycles. The van der Waals surface area contributed by atoms with Crippen LogP contribution in [0.5, 0.6) is 5.88 Å². The van der Waals surface area contributed by atoms with E-state index in [0.717, 1.165) is 0 Å². The van der Waals surface area contributed by atoms with E-state index >= 15 is 0 Å². The van der Waals surface area contributed by atoms with Gasteiger partial charge in [-0.25, -0.2) is 13.8 Å². The standard InChI is InChI=1S/C28H36F2N6O5/c1-38-16-19(17-39-2)31-27(37)18-7-9-20(10-8-18)41-24-15-23(33-28(34-24)35-11-13-40-14-12-35)36-22-6-4-3-5-21(22)32-26(36)25(29)30/h3-6,15,18-20,25H,7-14,16-17H2,1-2H3,(H,31,37). The molecular formula is C28H36F2N6O5. The zero-order valence-electron chi connectivity index (χ0n) is 23.3. The van der Waals surface area contributed by atoms with Crippen molar-refractivity contribution in [2.75, 3.05) is 58.6 Å². The highest BCUT2D eigenvalue weighted by Gasteiger charge is 2.30. The van der Waals surface area contributed by atoms with Gasteiger partial charge in [-0.3, -0.25) is 9.36 Å². The summed E-state index contributed by atoms with van der Waals surface area (Å²) in [5.74, 6) is 0.387. The fourth-order valence-corrected chi connectivity index (χ4v) is 5.38. The van der Waals surface area contributed by atoms with Gasteiger partial charge in [0, 0.05) is 39.3 Å². The number of hydrogen-bond donors (Lipinski definition) is 1. The molecule has 2 aromatic heterocycles. The lowest BCUT2D eigenvalue weighted by atomic mass is 9.86. The van der Waals surface area contributed by atoms with Gasteiger partial charge in [0.05, 0.1) is 43.5 Å². The smallest absolute Gasteiger partial charge is 0.296 e. The van der Waals surface area contributed by atoms with Crippen molar-refractivity contribution < 1.29 is 32.5 Å². The van der Waals surface area contributed by atoms with Gasteiger partial charge >= 0.3 is 0 Å². The molecule has 1 aliphatic carbocycles. The summed E-state index contributed by atoms with van der Waals surface area (Å²) in [6.45, 7) is 2.92. The summed E-state index contributed by atoms with van der Waals surface area (Å²) in [6, 6.07) is 8.35. The molecule has 5 rings (SSSR count). The van der Waals surface area contributed by atoms with E-state index in [1.54, 1.807) is 44.6 Å². The van der Waals surface area contributed by atoms with Gasteiger partial charge < -0.3 is 29.2 Å². The van der Waals surface area contributed by atoms with Crippen LogP contribution >= 0.6 is 0 Å². The van der Waals surface area contributed by atoms with Crippen LogP contribution in [0.15, 0.2) is 30.3 Å². The molecule has 222 valence electrons. The van der Waals surface area contributed by atoms with E-state index in [1.807, 2.05) is 4.90 Å². The maximum absolute atomic E-state index is 14.1. The SMILES string of the molecule is COCC(COC)NC(=O)C1CCC(Oc2cc(-n3c(C(F)F)nc4ccccc43)nc(N3CCOCC3)n2)CC1. The largest absolute Gasteiger partial charge is 0.474 e. The van der Waals surface area contributed by atoms with Crippen LogP contribution in [-0.4, -0.2) is 91.3 Å². The second-order valence-corrected chi connectivity index (χ2v) is 10.3. The first kappa shape index (κ1) is 29.1. The molecule has 0 unspecified atom stereocenters. The number of methoxy groups -OCH3 is 2. The van der Waals surface area contributed by atoms with Crippen molar-refractivity contribution in [1.29, 1.82) is 0 Å². The van der Waals surface area contributed by atoms with Crippen LogP contribution in [0.2, 0.25) is 0 Å². The zero-order chi connectivity index (χ0) is 28.8. The van der Waals surface area contributed by atoms with Gasteiger partial charge in [0.2, 0.25) is 17.7 Å². The number of rotatable bonds is 11. The Hall–Kier alpha value is -3.42. The number of para-hydroxylation sites is 2. The Morgan fingerprint density at radius 2 is 1.76 bits per heavy atom.